The van der Waals surface area contributed by atoms with Crippen LogP contribution in [0.5, 0.6) is 0 Å². The zero-order valence-electron chi connectivity index (χ0n) is 18.3. The summed E-state index contributed by atoms with van der Waals surface area (Å²) in [5, 5.41) is 6.94. The van der Waals surface area contributed by atoms with Crippen LogP contribution in [0.25, 0.3) is 0 Å². The molecule has 1 amide bonds. The van der Waals surface area contributed by atoms with E-state index in [0.29, 0.717) is 23.9 Å². The minimum Gasteiger partial charge on any atom is -0.359 e. The predicted octanol–water partition coefficient (Wildman–Crippen LogP) is 5.26. The summed E-state index contributed by atoms with van der Waals surface area (Å²) in [5.41, 5.74) is 1.50. The Labute approximate surface area is 169 Å². The molecule has 0 aliphatic carbocycles. The van der Waals surface area contributed by atoms with E-state index in [-0.39, 0.29) is 5.91 Å². The number of nitrogens with one attached hydrogen (secondary N) is 1. The maximum atomic E-state index is 12.6. The molecule has 2 aromatic heterocycles. The van der Waals surface area contributed by atoms with Crippen LogP contribution in [0.2, 0.25) is 0 Å². The third kappa shape index (κ3) is 6.98. The number of carbonyl (C=O) groups excluding carboxylic acids is 1. The van der Waals surface area contributed by atoms with E-state index in [1.165, 1.54) is 0 Å². The third-order valence-corrected chi connectivity index (χ3v) is 4.27. The van der Waals surface area contributed by atoms with Crippen LogP contribution in [0.4, 0.5) is 0 Å². The van der Waals surface area contributed by atoms with E-state index in [1.54, 1.807) is 6.20 Å². The van der Waals surface area contributed by atoms with Gasteiger partial charge in [0.05, 0.1) is 18.4 Å². The average Bonchev–Trinajstić information content (AvgIpc) is 3.34. The Morgan fingerprint density at radius 1 is 1.36 bits per heavy atom. The van der Waals surface area contributed by atoms with Crippen LogP contribution >= 0.6 is 0 Å². The molecule has 2 rings (SSSR count). The number of unbranched alkanes of at least 4 members (excludes halogenated alkanes) is 1. The fraction of sp³-hybridized carbons (Fsp3) is 0.591. The maximum Gasteiger partial charge on any atom is 0.269 e. The number of aryl methyl sites for hydroxylation is 1. The van der Waals surface area contributed by atoms with Crippen molar-refractivity contribution >= 4 is 5.91 Å². The second-order valence-electron chi connectivity index (χ2n) is 6.73. The summed E-state index contributed by atoms with van der Waals surface area (Å²) in [4.78, 5) is 17.1. The van der Waals surface area contributed by atoms with Gasteiger partial charge in [-0.1, -0.05) is 58.3 Å². The Morgan fingerprint density at radius 3 is 2.71 bits per heavy atom. The number of nitrogens with zero attached hydrogens (tertiary/aromatic N) is 3. The SMILES string of the molecule is C/C=C\CCn1c(C(=O)NCc2cc(C(C)C)no2)cnc1CCCC.CC. The van der Waals surface area contributed by atoms with E-state index in [1.807, 2.05) is 37.5 Å². The molecule has 0 saturated heterocycles. The third-order valence-electron chi connectivity index (χ3n) is 4.27. The average molecular weight is 389 g/mol. The fourth-order valence-electron chi connectivity index (χ4n) is 2.69. The fourth-order valence-corrected chi connectivity index (χ4v) is 2.69. The Hall–Kier alpha value is -2.37. The van der Waals surface area contributed by atoms with Crippen LogP contribution in [0, 0.1) is 0 Å². The lowest BCUT2D eigenvalue weighted by Crippen LogP contribution is -2.26. The second-order valence-corrected chi connectivity index (χ2v) is 6.73. The van der Waals surface area contributed by atoms with Crippen LogP contribution in [0.15, 0.2) is 28.9 Å². The first-order chi connectivity index (χ1) is 13.6. The van der Waals surface area contributed by atoms with Crippen molar-refractivity contribution in [2.75, 3.05) is 0 Å². The van der Waals surface area contributed by atoms with E-state index >= 15 is 0 Å². The van der Waals surface area contributed by atoms with Gasteiger partial charge in [-0.15, -0.1) is 0 Å². The van der Waals surface area contributed by atoms with E-state index in [2.05, 4.69) is 42.3 Å². The Bertz CT molecular complexity index is 729. The number of hydrogen-bond acceptors (Lipinski definition) is 4. The maximum absolute atomic E-state index is 12.6. The molecule has 156 valence electrons. The van der Waals surface area contributed by atoms with Gasteiger partial charge in [-0.2, -0.15) is 0 Å². The molecule has 1 N–H and O–H groups in total. The number of aromatic nitrogens is 3. The molecular weight excluding hydrogens is 352 g/mol. The summed E-state index contributed by atoms with van der Waals surface area (Å²) < 4.78 is 7.32. The van der Waals surface area contributed by atoms with Gasteiger partial charge in [0.15, 0.2) is 5.76 Å². The Kier molecular flexibility index (Phi) is 10.9. The van der Waals surface area contributed by atoms with Gasteiger partial charge >= 0.3 is 0 Å². The molecule has 0 bridgehead atoms. The molecule has 28 heavy (non-hydrogen) atoms. The molecule has 2 heterocycles. The summed E-state index contributed by atoms with van der Waals surface area (Å²) in [6, 6.07) is 1.89. The molecule has 0 radical (unpaired) electrons. The minimum atomic E-state index is -0.136. The quantitative estimate of drug-likeness (QED) is 0.564. The highest BCUT2D eigenvalue weighted by Crippen LogP contribution is 2.14. The number of amides is 1. The van der Waals surface area contributed by atoms with Crippen molar-refractivity contribution < 1.29 is 9.32 Å². The summed E-state index contributed by atoms with van der Waals surface area (Å²) in [6.07, 6.45) is 9.75. The highest BCUT2D eigenvalue weighted by molar-refractivity contribution is 5.92. The molecule has 0 aliphatic rings. The zero-order chi connectivity index (χ0) is 20.9. The van der Waals surface area contributed by atoms with E-state index in [9.17, 15) is 4.79 Å². The van der Waals surface area contributed by atoms with Gasteiger partial charge in [0, 0.05) is 19.0 Å². The lowest BCUT2D eigenvalue weighted by atomic mass is 10.1. The standard InChI is InChI=1S/C20H30N4O2.C2H6/c1-5-7-9-11-24-18(14-21-19(24)10-8-6-2)20(25)22-13-16-12-17(15(3)4)23-26-16;1-2/h5,7,12,14-15H,6,8-11,13H2,1-4H3,(H,22,25);1-2H3/b7-5-;. The van der Waals surface area contributed by atoms with Crippen molar-refractivity contribution in [3.63, 3.8) is 0 Å². The van der Waals surface area contributed by atoms with Crippen molar-refractivity contribution in [2.45, 2.75) is 86.2 Å². The van der Waals surface area contributed by atoms with Crippen LogP contribution in [0.1, 0.15) is 94.5 Å². The number of imidazole rings is 1. The summed E-state index contributed by atoms with van der Waals surface area (Å²) in [5.74, 6) is 1.80. The lowest BCUT2D eigenvalue weighted by Gasteiger charge is -2.11. The number of rotatable bonds is 10. The summed E-state index contributed by atoms with van der Waals surface area (Å²) >= 11 is 0. The van der Waals surface area contributed by atoms with E-state index in [4.69, 9.17) is 4.52 Å². The first-order valence-electron chi connectivity index (χ1n) is 10.5. The molecular formula is C22H36N4O2. The van der Waals surface area contributed by atoms with Crippen LogP contribution in [0.3, 0.4) is 0 Å². The molecule has 6 heteroatoms. The molecule has 0 aliphatic heterocycles. The predicted molar refractivity (Wildman–Crippen MR) is 113 cm³/mol. The van der Waals surface area contributed by atoms with Gasteiger partial charge in [0.25, 0.3) is 5.91 Å². The normalized spacial score (nSPS) is 11.0. The van der Waals surface area contributed by atoms with Gasteiger partial charge in [0.2, 0.25) is 0 Å². The molecule has 0 unspecified atom stereocenters. The van der Waals surface area contributed by atoms with Gasteiger partial charge in [-0.3, -0.25) is 4.79 Å². The van der Waals surface area contributed by atoms with Crippen molar-refractivity contribution in [1.29, 1.82) is 0 Å². The molecule has 0 saturated carbocycles. The van der Waals surface area contributed by atoms with Gasteiger partial charge < -0.3 is 14.4 Å². The Morgan fingerprint density at radius 2 is 2.11 bits per heavy atom. The van der Waals surface area contributed by atoms with Crippen molar-refractivity contribution in [3.05, 3.63) is 47.4 Å². The first-order valence-corrected chi connectivity index (χ1v) is 10.5. The lowest BCUT2D eigenvalue weighted by molar-refractivity contribution is 0.0937. The van der Waals surface area contributed by atoms with Crippen molar-refractivity contribution in [3.8, 4) is 0 Å². The van der Waals surface area contributed by atoms with Gasteiger partial charge in [0.1, 0.15) is 11.5 Å². The second kappa shape index (κ2) is 12.9. The largest absolute Gasteiger partial charge is 0.359 e. The van der Waals surface area contributed by atoms with Gasteiger partial charge in [-0.25, -0.2) is 4.98 Å². The van der Waals surface area contributed by atoms with E-state index < -0.39 is 0 Å². The molecule has 0 atom stereocenters. The zero-order valence-corrected chi connectivity index (χ0v) is 18.3. The topological polar surface area (TPSA) is 73.0 Å². The number of carbonyl (C=O) groups is 1. The molecule has 0 fully saturated rings. The van der Waals surface area contributed by atoms with Crippen LogP contribution < -0.4 is 5.32 Å². The number of allylic oxidation sites excluding steroid dienone is 2. The van der Waals surface area contributed by atoms with Crippen molar-refractivity contribution in [2.24, 2.45) is 0 Å². The molecule has 2 aromatic rings. The first kappa shape index (κ1) is 23.7. The highest BCUT2D eigenvalue weighted by Gasteiger charge is 2.17. The summed E-state index contributed by atoms with van der Waals surface area (Å²) in [6.45, 7) is 13.4. The van der Waals surface area contributed by atoms with Crippen molar-refractivity contribution in [1.82, 2.24) is 20.0 Å². The monoisotopic (exact) mass is 388 g/mol. The van der Waals surface area contributed by atoms with Crippen LogP contribution in [-0.4, -0.2) is 20.6 Å². The Balaban J connectivity index is 0.00000190. The smallest absolute Gasteiger partial charge is 0.269 e. The number of hydrogen-bond donors (Lipinski definition) is 1. The molecule has 0 aromatic carbocycles. The molecule has 6 nitrogen and oxygen atoms in total. The molecule has 0 spiro atoms. The van der Waals surface area contributed by atoms with E-state index in [0.717, 1.165) is 43.7 Å². The minimum absolute atomic E-state index is 0.136. The van der Waals surface area contributed by atoms with Crippen LogP contribution in [-0.2, 0) is 19.5 Å². The highest BCUT2D eigenvalue weighted by atomic mass is 16.5. The summed E-state index contributed by atoms with van der Waals surface area (Å²) in [7, 11) is 0. The van der Waals surface area contributed by atoms with Gasteiger partial charge in [-0.05, 0) is 25.7 Å².